The lowest BCUT2D eigenvalue weighted by atomic mass is 9.93. The number of nitrogens with zero attached hydrogens (tertiary/aromatic N) is 2. The van der Waals surface area contributed by atoms with Gasteiger partial charge in [-0.05, 0) is 32.1 Å². The quantitative estimate of drug-likeness (QED) is 0.864. The molecule has 0 saturated carbocycles. The van der Waals surface area contributed by atoms with Crippen LogP contribution in [-0.4, -0.2) is 52.6 Å². The van der Waals surface area contributed by atoms with E-state index in [2.05, 4.69) is 6.92 Å². The Balaban J connectivity index is 1.88. The molecular weight excluding hydrogens is 256 g/mol. The molecule has 2 fully saturated rings. The van der Waals surface area contributed by atoms with Gasteiger partial charge >= 0.3 is 12.0 Å². The van der Waals surface area contributed by atoms with Gasteiger partial charge in [0.1, 0.15) is 0 Å². The third-order valence-corrected chi connectivity index (χ3v) is 4.90. The van der Waals surface area contributed by atoms with Crippen LogP contribution in [-0.2, 0) is 4.79 Å². The molecule has 0 aliphatic carbocycles. The first-order valence-electron chi connectivity index (χ1n) is 7.83. The molecule has 1 N–H and O–H groups in total. The van der Waals surface area contributed by atoms with Crippen molar-refractivity contribution in [2.24, 2.45) is 11.8 Å². The minimum Gasteiger partial charge on any atom is -0.481 e. The van der Waals surface area contributed by atoms with Gasteiger partial charge in [0.05, 0.1) is 5.92 Å². The summed E-state index contributed by atoms with van der Waals surface area (Å²) in [7, 11) is 0. The van der Waals surface area contributed by atoms with Crippen molar-refractivity contribution in [2.45, 2.75) is 52.0 Å². The Morgan fingerprint density at radius 1 is 1.15 bits per heavy atom. The highest BCUT2D eigenvalue weighted by molar-refractivity contribution is 5.78. The zero-order chi connectivity index (χ0) is 14.7. The van der Waals surface area contributed by atoms with Crippen LogP contribution >= 0.6 is 0 Å². The molecule has 0 aromatic rings. The topological polar surface area (TPSA) is 60.9 Å². The van der Waals surface area contributed by atoms with Crippen LogP contribution in [0.3, 0.4) is 0 Å². The average molecular weight is 282 g/mol. The van der Waals surface area contributed by atoms with Crippen molar-refractivity contribution in [3.05, 3.63) is 0 Å². The van der Waals surface area contributed by atoms with Crippen molar-refractivity contribution in [2.75, 3.05) is 19.6 Å². The van der Waals surface area contributed by atoms with Crippen LogP contribution in [0.2, 0.25) is 0 Å². The van der Waals surface area contributed by atoms with Crippen LogP contribution in [0, 0.1) is 11.8 Å². The molecule has 2 atom stereocenters. The third kappa shape index (κ3) is 3.07. The van der Waals surface area contributed by atoms with Crippen LogP contribution in [0.15, 0.2) is 0 Å². The second-order valence-corrected chi connectivity index (χ2v) is 6.17. The number of aliphatic carboxylic acids is 1. The van der Waals surface area contributed by atoms with E-state index in [0.29, 0.717) is 13.0 Å². The number of likely N-dealkylation sites (tertiary alicyclic amines) is 2. The number of carbonyl (C=O) groups is 2. The predicted molar refractivity (Wildman–Crippen MR) is 76.5 cm³/mol. The molecule has 2 saturated heterocycles. The third-order valence-electron chi connectivity index (χ3n) is 4.90. The van der Waals surface area contributed by atoms with Crippen LogP contribution in [0.5, 0.6) is 0 Å². The fourth-order valence-corrected chi connectivity index (χ4v) is 3.54. The van der Waals surface area contributed by atoms with Crippen LogP contribution in [0.4, 0.5) is 4.79 Å². The standard InChI is InChI=1S/C15H26N2O3/c1-3-4-12-5-8-16(9-6-12)15(20)17-10-7-13(11(17)2)14(18)19/h11-13H,3-10H2,1-2H3,(H,18,19). The molecule has 0 radical (unpaired) electrons. The number of hydrogen-bond acceptors (Lipinski definition) is 2. The average Bonchev–Trinajstić information content (AvgIpc) is 2.81. The zero-order valence-electron chi connectivity index (χ0n) is 12.5. The molecule has 2 aliphatic rings. The Morgan fingerprint density at radius 3 is 2.30 bits per heavy atom. The van der Waals surface area contributed by atoms with Gasteiger partial charge in [-0.2, -0.15) is 0 Å². The highest BCUT2D eigenvalue weighted by atomic mass is 16.4. The van der Waals surface area contributed by atoms with E-state index in [1.54, 1.807) is 4.90 Å². The zero-order valence-corrected chi connectivity index (χ0v) is 12.5. The number of amides is 2. The van der Waals surface area contributed by atoms with Crippen molar-refractivity contribution in [1.29, 1.82) is 0 Å². The second kappa shape index (κ2) is 6.46. The maximum Gasteiger partial charge on any atom is 0.320 e. The molecule has 0 aromatic heterocycles. The number of rotatable bonds is 3. The minimum atomic E-state index is -0.783. The molecule has 5 nitrogen and oxygen atoms in total. The summed E-state index contributed by atoms with van der Waals surface area (Å²) in [6.45, 7) is 6.28. The van der Waals surface area contributed by atoms with Gasteiger partial charge in [0.2, 0.25) is 0 Å². The smallest absolute Gasteiger partial charge is 0.320 e. The lowest BCUT2D eigenvalue weighted by Gasteiger charge is -2.36. The van der Waals surface area contributed by atoms with Crippen molar-refractivity contribution in [1.82, 2.24) is 9.80 Å². The molecule has 2 unspecified atom stereocenters. The van der Waals surface area contributed by atoms with Gasteiger partial charge in [-0.25, -0.2) is 4.79 Å². The maximum atomic E-state index is 12.5. The molecule has 2 amide bonds. The van der Waals surface area contributed by atoms with Crippen LogP contribution in [0.25, 0.3) is 0 Å². The van der Waals surface area contributed by atoms with E-state index >= 15 is 0 Å². The number of carboxylic acids is 1. The summed E-state index contributed by atoms with van der Waals surface area (Å²) in [5.74, 6) is -0.433. The summed E-state index contributed by atoms with van der Waals surface area (Å²) in [4.78, 5) is 27.3. The first-order valence-corrected chi connectivity index (χ1v) is 7.83. The number of hydrogen-bond donors (Lipinski definition) is 1. The summed E-state index contributed by atoms with van der Waals surface area (Å²) < 4.78 is 0. The highest BCUT2D eigenvalue weighted by Gasteiger charge is 2.40. The van der Waals surface area contributed by atoms with Crippen LogP contribution < -0.4 is 0 Å². The van der Waals surface area contributed by atoms with E-state index < -0.39 is 11.9 Å². The lowest BCUT2D eigenvalue weighted by Crippen LogP contribution is -2.48. The minimum absolute atomic E-state index is 0.0381. The first-order chi connectivity index (χ1) is 9.54. The summed E-state index contributed by atoms with van der Waals surface area (Å²) in [6, 6.07) is -0.149. The number of carboxylic acid groups (broad SMARTS) is 1. The number of carbonyl (C=O) groups excluding carboxylic acids is 1. The van der Waals surface area contributed by atoms with Crippen molar-refractivity contribution in [3.63, 3.8) is 0 Å². The maximum absolute atomic E-state index is 12.5. The van der Waals surface area contributed by atoms with E-state index in [1.807, 2.05) is 11.8 Å². The van der Waals surface area contributed by atoms with Gasteiger partial charge < -0.3 is 14.9 Å². The van der Waals surface area contributed by atoms with Gasteiger partial charge in [0.25, 0.3) is 0 Å². The molecule has 0 aromatic carbocycles. The van der Waals surface area contributed by atoms with Gasteiger partial charge in [-0.15, -0.1) is 0 Å². The molecule has 0 spiro atoms. The number of piperidine rings is 1. The largest absolute Gasteiger partial charge is 0.481 e. The van der Waals surface area contributed by atoms with E-state index in [1.165, 1.54) is 12.8 Å². The van der Waals surface area contributed by atoms with Gasteiger partial charge in [-0.1, -0.05) is 19.8 Å². The molecule has 2 heterocycles. The van der Waals surface area contributed by atoms with Gasteiger partial charge in [-0.3, -0.25) is 4.79 Å². The highest BCUT2D eigenvalue weighted by Crippen LogP contribution is 2.28. The van der Waals surface area contributed by atoms with Crippen molar-refractivity contribution >= 4 is 12.0 Å². The summed E-state index contributed by atoms with van der Waals surface area (Å²) in [6.07, 6.45) is 5.22. The molecule has 2 rings (SSSR count). The monoisotopic (exact) mass is 282 g/mol. The fourth-order valence-electron chi connectivity index (χ4n) is 3.54. The van der Waals surface area contributed by atoms with E-state index in [-0.39, 0.29) is 12.1 Å². The Kier molecular flexibility index (Phi) is 4.89. The summed E-state index contributed by atoms with van der Waals surface area (Å²) in [5.41, 5.74) is 0. The second-order valence-electron chi connectivity index (χ2n) is 6.17. The van der Waals surface area contributed by atoms with E-state index in [4.69, 9.17) is 5.11 Å². The first kappa shape index (κ1) is 15.1. The predicted octanol–water partition coefficient (Wildman–Crippen LogP) is 2.41. The number of urea groups is 1. The molecular formula is C15H26N2O3. The Hall–Kier alpha value is -1.26. The molecule has 2 aliphatic heterocycles. The summed E-state index contributed by atoms with van der Waals surface area (Å²) in [5, 5.41) is 9.14. The fraction of sp³-hybridized carbons (Fsp3) is 0.867. The SMILES string of the molecule is CCCC1CCN(C(=O)N2CCC(C(=O)O)C2C)CC1. The van der Waals surface area contributed by atoms with Gasteiger partial charge in [0, 0.05) is 25.7 Å². The van der Waals surface area contributed by atoms with E-state index in [9.17, 15) is 9.59 Å². The van der Waals surface area contributed by atoms with Crippen molar-refractivity contribution in [3.8, 4) is 0 Å². The normalized spacial score (nSPS) is 27.9. The van der Waals surface area contributed by atoms with Crippen LogP contribution in [0.1, 0.15) is 46.0 Å². The molecule has 0 bridgehead atoms. The molecule has 20 heavy (non-hydrogen) atoms. The Morgan fingerprint density at radius 2 is 1.80 bits per heavy atom. The Labute approximate surface area is 120 Å². The lowest BCUT2D eigenvalue weighted by molar-refractivity contribution is -0.142. The summed E-state index contributed by atoms with van der Waals surface area (Å²) >= 11 is 0. The van der Waals surface area contributed by atoms with Crippen molar-refractivity contribution < 1.29 is 14.7 Å². The molecule has 114 valence electrons. The van der Waals surface area contributed by atoms with Gasteiger partial charge in [0.15, 0.2) is 0 Å². The molecule has 5 heteroatoms. The van der Waals surface area contributed by atoms with E-state index in [0.717, 1.165) is 31.8 Å². The Bertz CT molecular complexity index is 364.